The van der Waals surface area contributed by atoms with Crippen molar-refractivity contribution in [2.45, 2.75) is 40.2 Å². The first-order valence-corrected chi connectivity index (χ1v) is 9.63. The van der Waals surface area contributed by atoms with Crippen molar-refractivity contribution in [1.82, 2.24) is 9.55 Å². The summed E-state index contributed by atoms with van der Waals surface area (Å²) in [6, 6.07) is 14.5. The van der Waals surface area contributed by atoms with Crippen LogP contribution >= 0.6 is 11.6 Å². The lowest BCUT2D eigenvalue weighted by Gasteiger charge is -2.10. The maximum atomic E-state index is 6.05. The van der Waals surface area contributed by atoms with Crippen LogP contribution in [-0.4, -0.2) is 9.55 Å². The van der Waals surface area contributed by atoms with Crippen molar-refractivity contribution in [3.05, 3.63) is 87.6 Å². The first-order valence-electron chi connectivity index (χ1n) is 9.25. The zero-order valence-corrected chi connectivity index (χ0v) is 16.7. The van der Waals surface area contributed by atoms with E-state index >= 15 is 0 Å². The molecule has 0 aliphatic heterocycles. The van der Waals surface area contributed by atoms with Gasteiger partial charge in [0.1, 0.15) is 11.6 Å². The largest absolute Gasteiger partial charge is 0.469 e. The van der Waals surface area contributed by atoms with E-state index in [1.807, 2.05) is 18.2 Å². The molecule has 0 amide bonds. The molecular formula is C23H23ClN2O. The lowest BCUT2D eigenvalue weighted by atomic mass is 10.1. The van der Waals surface area contributed by atoms with Gasteiger partial charge in [0.25, 0.3) is 0 Å². The zero-order valence-electron chi connectivity index (χ0n) is 15.9. The molecule has 0 unspecified atom stereocenters. The maximum Gasteiger partial charge on any atom is 0.110 e. The number of furan rings is 1. The van der Waals surface area contributed by atoms with Crippen molar-refractivity contribution >= 4 is 22.6 Å². The van der Waals surface area contributed by atoms with Crippen molar-refractivity contribution < 1.29 is 4.42 Å². The van der Waals surface area contributed by atoms with Gasteiger partial charge >= 0.3 is 0 Å². The molecule has 2 aromatic carbocycles. The third-order valence-electron chi connectivity index (χ3n) is 5.24. The molecule has 0 fully saturated rings. The number of rotatable bonds is 5. The van der Waals surface area contributed by atoms with Crippen LogP contribution < -0.4 is 0 Å². The average Bonchev–Trinajstić information content (AvgIpc) is 3.19. The average molecular weight is 379 g/mol. The van der Waals surface area contributed by atoms with Crippen LogP contribution in [0.4, 0.5) is 0 Å². The molecule has 4 heteroatoms. The number of hydrogen-bond acceptors (Lipinski definition) is 2. The minimum absolute atomic E-state index is 0.759. The van der Waals surface area contributed by atoms with Gasteiger partial charge in [-0.2, -0.15) is 0 Å². The SMILES string of the molecule is Cc1cc2nc(CCc3occc3C)n(Cc3ccc(Cl)cc3)c2cc1C. The fraction of sp³-hybridized carbons (Fsp3) is 0.261. The Labute approximate surface area is 164 Å². The van der Waals surface area contributed by atoms with Gasteiger partial charge < -0.3 is 8.98 Å². The van der Waals surface area contributed by atoms with Crippen LogP contribution in [0.1, 0.15) is 33.8 Å². The van der Waals surface area contributed by atoms with Crippen molar-refractivity contribution in [1.29, 1.82) is 0 Å². The molecule has 0 spiro atoms. The molecule has 27 heavy (non-hydrogen) atoms. The third-order valence-corrected chi connectivity index (χ3v) is 5.49. The van der Waals surface area contributed by atoms with Crippen molar-refractivity contribution in [2.24, 2.45) is 0 Å². The first-order chi connectivity index (χ1) is 13.0. The molecule has 0 aliphatic rings. The maximum absolute atomic E-state index is 6.05. The van der Waals surface area contributed by atoms with E-state index in [2.05, 4.69) is 49.6 Å². The van der Waals surface area contributed by atoms with Gasteiger partial charge in [-0.1, -0.05) is 23.7 Å². The minimum Gasteiger partial charge on any atom is -0.469 e. The van der Waals surface area contributed by atoms with Gasteiger partial charge in [0, 0.05) is 24.4 Å². The summed E-state index contributed by atoms with van der Waals surface area (Å²) in [4.78, 5) is 4.95. The molecule has 0 radical (unpaired) electrons. The Morgan fingerprint density at radius 1 is 0.926 bits per heavy atom. The molecule has 138 valence electrons. The number of halogens is 1. The Morgan fingerprint density at radius 2 is 1.67 bits per heavy atom. The molecule has 0 saturated carbocycles. The smallest absolute Gasteiger partial charge is 0.110 e. The van der Waals surface area contributed by atoms with E-state index in [4.69, 9.17) is 21.0 Å². The van der Waals surface area contributed by atoms with Crippen molar-refractivity contribution in [3.63, 3.8) is 0 Å². The van der Waals surface area contributed by atoms with E-state index < -0.39 is 0 Å². The van der Waals surface area contributed by atoms with Gasteiger partial charge in [-0.15, -0.1) is 0 Å². The Kier molecular flexibility index (Phi) is 4.79. The highest BCUT2D eigenvalue weighted by molar-refractivity contribution is 6.30. The molecule has 0 bridgehead atoms. The molecule has 0 atom stereocenters. The van der Waals surface area contributed by atoms with Gasteiger partial charge in [-0.25, -0.2) is 4.98 Å². The number of aromatic nitrogens is 2. The standard InChI is InChI=1S/C23H23ClN2O/c1-15-10-11-27-22(15)8-9-23-25-20-12-16(2)17(3)13-21(20)26(23)14-18-4-6-19(24)7-5-18/h4-7,10-13H,8-9,14H2,1-3H3. The summed E-state index contributed by atoms with van der Waals surface area (Å²) >= 11 is 6.05. The molecule has 4 aromatic rings. The summed E-state index contributed by atoms with van der Waals surface area (Å²) in [7, 11) is 0. The van der Waals surface area contributed by atoms with Gasteiger partial charge in [0.15, 0.2) is 0 Å². The van der Waals surface area contributed by atoms with E-state index in [0.717, 1.165) is 41.5 Å². The molecule has 4 rings (SSSR count). The number of imidazole rings is 1. The summed E-state index contributed by atoms with van der Waals surface area (Å²) in [6.45, 7) is 7.16. The molecule has 0 N–H and O–H groups in total. The van der Waals surface area contributed by atoms with Crippen molar-refractivity contribution in [2.75, 3.05) is 0 Å². The number of nitrogens with zero attached hydrogens (tertiary/aromatic N) is 2. The fourth-order valence-corrected chi connectivity index (χ4v) is 3.58. The van der Waals surface area contributed by atoms with Gasteiger partial charge in [0.2, 0.25) is 0 Å². The summed E-state index contributed by atoms with van der Waals surface area (Å²) in [5.74, 6) is 2.12. The quantitative estimate of drug-likeness (QED) is 0.423. The monoisotopic (exact) mass is 378 g/mol. The Balaban J connectivity index is 1.73. The Hall–Kier alpha value is -2.52. The topological polar surface area (TPSA) is 31.0 Å². The lowest BCUT2D eigenvalue weighted by molar-refractivity contribution is 0.501. The third kappa shape index (κ3) is 3.65. The molecule has 0 aliphatic carbocycles. The molecule has 3 nitrogen and oxygen atoms in total. The minimum atomic E-state index is 0.759. The van der Waals surface area contributed by atoms with Gasteiger partial charge in [0.05, 0.1) is 17.3 Å². The Morgan fingerprint density at radius 3 is 2.37 bits per heavy atom. The zero-order chi connectivity index (χ0) is 19.0. The predicted octanol–water partition coefficient (Wildman–Crippen LogP) is 6.04. The highest BCUT2D eigenvalue weighted by Gasteiger charge is 2.14. The fourth-order valence-electron chi connectivity index (χ4n) is 3.46. The highest BCUT2D eigenvalue weighted by atomic mass is 35.5. The lowest BCUT2D eigenvalue weighted by Crippen LogP contribution is -2.07. The van der Waals surface area contributed by atoms with Crippen LogP contribution in [0.3, 0.4) is 0 Å². The second-order valence-electron chi connectivity index (χ2n) is 7.19. The number of aryl methyl sites for hydroxylation is 5. The number of fused-ring (bicyclic) bond motifs is 1. The van der Waals surface area contributed by atoms with Gasteiger partial charge in [-0.3, -0.25) is 0 Å². The predicted molar refractivity (Wildman–Crippen MR) is 111 cm³/mol. The van der Waals surface area contributed by atoms with Crippen LogP contribution in [0.15, 0.2) is 53.1 Å². The van der Waals surface area contributed by atoms with E-state index in [1.165, 1.54) is 27.8 Å². The van der Waals surface area contributed by atoms with Crippen LogP contribution in [-0.2, 0) is 19.4 Å². The summed E-state index contributed by atoms with van der Waals surface area (Å²) in [5.41, 5.74) is 7.20. The van der Waals surface area contributed by atoms with E-state index in [1.54, 1.807) is 6.26 Å². The van der Waals surface area contributed by atoms with Crippen LogP contribution in [0.2, 0.25) is 5.02 Å². The van der Waals surface area contributed by atoms with E-state index in [9.17, 15) is 0 Å². The number of hydrogen-bond donors (Lipinski definition) is 0. The highest BCUT2D eigenvalue weighted by Crippen LogP contribution is 2.24. The van der Waals surface area contributed by atoms with E-state index in [-0.39, 0.29) is 0 Å². The molecule has 2 aromatic heterocycles. The second-order valence-corrected chi connectivity index (χ2v) is 7.63. The first kappa shape index (κ1) is 17.9. The second kappa shape index (κ2) is 7.24. The van der Waals surface area contributed by atoms with Crippen molar-refractivity contribution in [3.8, 4) is 0 Å². The number of benzene rings is 2. The van der Waals surface area contributed by atoms with Gasteiger partial charge in [-0.05, 0) is 73.4 Å². The summed E-state index contributed by atoms with van der Waals surface area (Å²) < 4.78 is 7.94. The van der Waals surface area contributed by atoms with Crippen LogP contribution in [0, 0.1) is 20.8 Å². The van der Waals surface area contributed by atoms with Crippen LogP contribution in [0.25, 0.3) is 11.0 Å². The Bertz CT molecular complexity index is 1090. The molecule has 0 saturated heterocycles. The van der Waals surface area contributed by atoms with Crippen LogP contribution in [0.5, 0.6) is 0 Å². The molecule has 2 heterocycles. The molecular weight excluding hydrogens is 356 g/mol. The van der Waals surface area contributed by atoms with E-state index in [0.29, 0.717) is 0 Å². The summed E-state index contributed by atoms with van der Waals surface area (Å²) in [6.07, 6.45) is 3.45. The summed E-state index contributed by atoms with van der Waals surface area (Å²) in [5, 5.41) is 0.759. The normalized spacial score (nSPS) is 11.4.